The Morgan fingerprint density at radius 3 is 1.10 bits per heavy atom. The summed E-state index contributed by atoms with van der Waals surface area (Å²) < 4.78 is 0. The normalized spacial score (nSPS) is 11.4. The van der Waals surface area contributed by atoms with Gasteiger partial charge in [0.25, 0.3) is 0 Å². The number of nitrogens with zero attached hydrogens (tertiary/aromatic N) is 2. The number of rotatable bonds is 8. The van der Waals surface area contributed by atoms with E-state index in [2.05, 4.69) is 228 Å². The molecule has 0 aromatic heterocycles. The molecule has 0 fully saturated rings. The first-order chi connectivity index (χ1) is 25.7. The third kappa shape index (κ3) is 6.30. The summed E-state index contributed by atoms with van der Waals surface area (Å²) in [6.45, 7) is 0. The van der Waals surface area contributed by atoms with Gasteiger partial charge in [0.2, 0.25) is 0 Å². The van der Waals surface area contributed by atoms with Gasteiger partial charge >= 0.3 is 0 Å². The molecular formula is C50H36N2. The minimum absolute atomic E-state index is 1.12. The van der Waals surface area contributed by atoms with Crippen LogP contribution in [-0.4, -0.2) is 0 Å². The van der Waals surface area contributed by atoms with Crippen LogP contribution in [0.1, 0.15) is 11.1 Å². The van der Waals surface area contributed by atoms with Gasteiger partial charge in [0.1, 0.15) is 0 Å². The summed E-state index contributed by atoms with van der Waals surface area (Å²) >= 11 is 0. The molecule has 0 bridgehead atoms. The molecule has 0 heterocycles. The third-order valence-electron chi connectivity index (χ3n) is 9.74. The standard InChI is InChI=1S/C50H36N2/c1-3-15-45(16-4-1)51(48-30-25-39-11-7-9-13-41(39)34-48)47-28-22-37(23-29-47)19-20-38-21-24-44-36-50(32-27-43(44)33-38)52(46-17-5-2-6-18-46)49-31-26-40-12-8-10-14-42(40)35-49/h1-36H. The second-order valence-corrected chi connectivity index (χ2v) is 13.1. The van der Waals surface area contributed by atoms with Crippen molar-refractivity contribution >= 4 is 78.6 Å². The molecule has 0 radical (unpaired) electrons. The highest BCUT2D eigenvalue weighted by Gasteiger charge is 2.15. The summed E-state index contributed by atoms with van der Waals surface area (Å²) in [7, 11) is 0. The van der Waals surface area contributed by atoms with Crippen molar-refractivity contribution in [2.75, 3.05) is 9.80 Å². The maximum atomic E-state index is 2.34. The molecular weight excluding hydrogens is 629 g/mol. The fraction of sp³-hybridized carbons (Fsp3) is 0. The van der Waals surface area contributed by atoms with Gasteiger partial charge in [-0.05, 0) is 122 Å². The molecule has 246 valence electrons. The Balaban J connectivity index is 0.989. The monoisotopic (exact) mass is 664 g/mol. The summed E-state index contributed by atoms with van der Waals surface area (Å²) in [5.41, 5.74) is 9.10. The highest BCUT2D eigenvalue weighted by atomic mass is 15.1. The van der Waals surface area contributed by atoms with Crippen LogP contribution in [0.15, 0.2) is 206 Å². The van der Waals surface area contributed by atoms with Crippen molar-refractivity contribution in [2.24, 2.45) is 0 Å². The smallest absolute Gasteiger partial charge is 0.0468 e. The highest BCUT2D eigenvalue weighted by Crippen LogP contribution is 2.38. The molecule has 0 aliphatic carbocycles. The average Bonchev–Trinajstić information content (AvgIpc) is 3.21. The van der Waals surface area contributed by atoms with Crippen molar-refractivity contribution in [3.05, 3.63) is 217 Å². The van der Waals surface area contributed by atoms with Crippen LogP contribution >= 0.6 is 0 Å². The molecule has 0 saturated heterocycles. The Morgan fingerprint density at radius 2 is 0.558 bits per heavy atom. The Hall–Kier alpha value is -6.90. The molecule has 2 nitrogen and oxygen atoms in total. The number of benzene rings is 9. The van der Waals surface area contributed by atoms with Gasteiger partial charge in [-0.15, -0.1) is 0 Å². The predicted octanol–water partition coefficient (Wildman–Crippen LogP) is 14.3. The Bertz CT molecular complexity index is 2680. The van der Waals surface area contributed by atoms with E-state index >= 15 is 0 Å². The first kappa shape index (κ1) is 31.1. The number of fused-ring (bicyclic) bond motifs is 3. The molecule has 0 unspecified atom stereocenters. The average molecular weight is 665 g/mol. The molecule has 52 heavy (non-hydrogen) atoms. The maximum Gasteiger partial charge on any atom is 0.0468 e. The predicted molar refractivity (Wildman–Crippen MR) is 224 cm³/mol. The number of hydrogen-bond donors (Lipinski definition) is 0. The van der Waals surface area contributed by atoms with Gasteiger partial charge in [-0.1, -0.05) is 140 Å². The van der Waals surface area contributed by atoms with E-state index in [1.165, 1.54) is 37.9 Å². The van der Waals surface area contributed by atoms with Gasteiger partial charge in [-0.2, -0.15) is 0 Å². The van der Waals surface area contributed by atoms with Crippen LogP contribution in [0, 0.1) is 0 Å². The Labute approximate surface area is 304 Å². The van der Waals surface area contributed by atoms with Crippen molar-refractivity contribution in [1.29, 1.82) is 0 Å². The zero-order valence-corrected chi connectivity index (χ0v) is 28.7. The molecule has 9 rings (SSSR count). The van der Waals surface area contributed by atoms with Gasteiger partial charge in [-0.25, -0.2) is 0 Å². The van der Waals surface area contributed by atoms with E-state index in [9.17, 15) is 0 Å². The van der Waals surface area contributed by atoms with Gasteiger partial charge in [0, 0.05) is 34.1 Å². The lowest BCUT2D eigenvalue weighted by molar-refractivity contribution is 1.29. The molecule has 0 aliphatic heterocycles. The molecule has 9 aromatic rings. The molecule has 0 aliphatic rings. The fourth-order valence-corrected chi connectivity index (χ4v) is 7.10. The summed E-state index contributed by atoms with van der Waals surface area (Å²) in [4.78, 5) is 4.65. The number of hydrogen-bond acceptors (Lipinski definition) is 2. The lowest BCUT2D eigenvalue weighted by Crippen LogP contribution is -2.09. The van der Waals surface area contributed by atoms with Crippen LogP contribution in [0.5, 0.6) is 0 Å². The first-order valence-electron chi connectivity index (χ1n) is 17.8. The van der Waals surface area contributed by atoms with E-state index in [1.807, 2.05) is 0 Å². The minimum atomic E-state index is 1.12. The number of anilines is 6. The van der Waals surface area contributed by atoms with Crippen LogP contribution in [-0.2, 0) is 0 Å². The molecule has 0 spiro atoms. The van der Waals surface area contributed by atoms with Gasteiger partial charge < -0.3 is 9.80 Å². The van der Waals surface area contributed by atoms with E-state index in [0.717, 1.165) is 39.7 Å². The van der Waals surface area contributed by atoms with Crippen molar-refractivity contribution in [1.82, 2.24) is 0 Å². The van der Waals surface area contributed by atoms with Crippen LogP contribution < -0.4 is 9.80 Å². The van der Waals surface area contributed by atoms with Gasteiger partial charge in [0.15, 0.2) is 0 Å². The lowest BCUT2D eigenvalue weighted by Gasteiger charge is -2.26. The third-order valence-corrected chi connectivity index (χ3v) is 9.74. The Morgan fingerprint density at radius 1 is 0.231 bits per heavy atom. The first-order valence-corrected chi connectivity index (χ1v) is 17.8. The zero-order chi connectivity index (χ0) is 34.7. The largest absolute Gasteiger partial charge is 0.310 e. The highest BCUT2D eigenvalue weighted by molar-refractivity contribution is 5.94. The van der Waals surface area contributed by atoms with Crippen molar-refractivity contribution in [3.63, 3.8) is 0 Å². The van der Waals surface area contributed by atoms with E-state index in [4.69, 9.17) is 0 Å². The zero-order valence-electron chi connectivity index (χ0n) is 28.7. The van der Waals surface area contributed by atoms with E-state index in [-0.39, 0.29) is 0 Å². The topological polar surface area (TPSA) is 6.48 Å². The second kappa shape index (κ2) is 13.8. The van der Waals surface area contributed by atoms with E-state index < -0.39 is 0 Å². The molecule has 2 heteroatoms. The summed E-state index contributed by atoms with van der Waals surface area (Å²) in [5.74, 6) is 0. The molecule has 9 aromatic carbocycles. The summed E-state index contributed by atoms with van der Waals surface area (Å²) in [6.07, 6.45) is 4.39. The summed E-state index contributed by atoms with van der Waals surface area (Å²) in [5, 5.41) is 7.35. The second-order valence-electron chi connectivity index (χ2n) is 13.1. The molecule has 0 N–H and O–H groups in total. The summed E-state index contributed by atoms with van der Waals surface area (Å²) in [6, 6.07) is 73.8. The molecule has 0 atom stereocenters. The lowest BCUT2D eigenvalue weighted by atomic mass is 10.0. The van der Waals surface area contributed by atoms with E-state index in [1.54, 1.807) is 0 Å². The van der Waals surface area contributed by atoms with Crippen molar-refractivity contribution < 1.29 is 0 Å². The van der Waals surface area contributed by atoms with Crippen LogP contribution in [0.4, 0.5) is 34.1 Å². The van der Waals surface area contributed by atoms with Crippen molar-refractivity contribution in [3.8, 4) is 0 Å². The van der Waals surface area contributed by atoms with Gasteiger partial charge in [-0.3, -0.25) is 0 Å². The fourth-order valence-electron chi connectivity index (χ4n) is 7.10. The van der Waals surface area contributed by atoms with E-state index in [0.29, 0.717) is 0 Å². The quantitative estimate of drug-likeness (QED) is 0.149. The maximum absolute atomic E-state index is 2.34. The van der Waals surface area contributed by atoms with Crippen LogP contribution in [0.25, 0.3) is 44.5 Å². The number of para-hydroxylation sites is 2. The minimum Gasteiger partial charge on any atom is -0.310 e. The molecule has 0 amide bonds. The van der Waals surface area contributed by atoms with Gasteiger partial charge in [0.05, 0.1) is 0 Å². The molecule has 0 saturated carbocycles. The SMILES string of the molecule is C(=Cc1ccc2cc(N(c3ccccc3)c3ccc4ccccc4c3)ccc2c1)c1ccc(N(c2ccccc2)c2ccc3ccccc3c2)cc1. The Kier molecular flexibility index (Phi) is 8.24. The van der Waals surface area contributed by atoms with Crippen LogP contribution in [0.2, 0.25) is 0 Å². The van der Waals surface area contributed by atoms with Crippen LogP contribution in [0.3, 0.4) is 0 Å². The van der Waals surface area contributed by atoms with Crippen molar-refractivity contribution in [2.45, 2.75) is 0 Å².